The topological polar surface area (TPSA) is 94.9 Å². The molecule has 29 heavy (non-hydrogen) atoms. The lowest BCUT2D eigenvalue weighted by Gasteiger charge is -2.13. The van der Waals surface area contributed by atoms with E-state index in [4.69, 9.17) is 5.26 Å². The Balaban J connectivity index is 1.82. The van der Waals surface area contributed by atoms with Crippen molar-refractivity contribution in [1.29, 1.82) is 5.26 Å². The highest BCUT2D eigenvalue weighted by atomic mass is 16.2. The summed E-state index contributed by atoms with van der Waals surface area (Å²) >= 11 is 0. The summed E-state index contributed by atoms with van der Waals surface area (Å²) in [6.07, 6.45) is 2.21. The summed E-state index contributed by atoms with van der Waals surface area (Å²) in [5.41, 5.74) is 3.95. The van der Waals surface area contributed by atoms with Crippen LogP contribution in [-0.2, 0) is 6.42 Å². The number of carbonyl (C=O) groups excluding carboxylic acids is 2. The number of hydrogen-bond donors (Lipinski definition) is 2. The van der Waals surface area contributed by atoms with Crippen LogP contribution in [0.1, 0.15) is 44.5 Å². The van der Waals surface area contributed by atoms with Crippen LogP contribution >= 0.6 is 0 Å². The van der Waals surface area contributed by atoms with Crippen molar-refractivity contribution in [3.8, 4) is 6.07 Å². The summed E-state index contributed by atoms with van der Waals surface area (Å²) in [5.74, 6) is -0.810. The van der Waals surface area contributed by atoms with Crippen LogP contribution in [0.2, 0.25) is 0 Å². The second-order valence-electron chi connectivity index (χ2n) is 6.46. The van der Waals surface area contributed by atoms with Crippen molar-refractivity contribution in [2.24, 2.45) is 0 Å². The van der Waals surface area contributed by atoms with E-state index in [0.29, 0.717) is 16.8 Å². The molecule has 0 atom stereocenters. The quantitative estimate of drug-likeness (QED) is 0.684. The molecule has 1 heterocycles. The summed E-state index contributed by atoms with van der Waals surface area (Å²) in [4.78, 5) is 29.4. The number of nitrogens with one attached hydrogen (secondary N) is 2. The van der Waals surface area contributed by atoms with Crippen LogP contribution in [0.4, 0.5) is 11.4 Å². The molecule has 2 aromatic carbocycles. The minimum absolute atomic E-state index is 0.0888. The number of aryl methyl sites for hydroxylation is 2. The summed E-state index contributed by atoms with van der Waals surface area (Å²) in [6, 6.07) is 17.6. The molecule has 0 unspecified atom stereocenters. The zero-order valence-corrected chi connectivity index (χ0v) is 16.2. The highest BCUT2D eigenvalue weighted by Gasteiger charge is 2.15. The van der Waals surface area contributed by atoms with Gasteiger partial charge in [0, 0.05) is 17.4 Å². The molecule has 1 aromatic heterocycles. The standard InChI is InChI=1S/C23H20N4O2/c1-3-16-9-6-7-15(2)21(16)27-22(28)17-11-12-25-20(13-17)23(29)26-19-10-5-4-8-18(19)14-24/h4-13H,3H2,1-2H3,(H,26,29)(H,27,28). The zero-order chi connectivity index (χ0) is 20.8. The average molecular weight is 384 g/mol. The lowest BCUT2D eigenvalue weighted by Crippen LogP contribution is -2.18. The fourth-order valence-corrected chi connectivity index (χ4v) is 2.96. The number of aromatic nitrogens is 1. The molecule has 2 N–H and O–H groups in total. The second kappa shape index (κ2) is 8.81. The van der Waals surface area contributed by atoms with Gasteiger partial charge in [-0.2, -0.15) is 5.26 Å². The smallest absolute Gasteiger partial charge is 0.274 e. The van der Waals surface area contributed by atoms with E-state index in [1.54, 1.807) is 30.3 Å². The Morgan fingerprint density at radius 1 is 1.03 bits per heavy atom. The van der Waals surface area contributed by atoms with Crippen LogP contribution in [0.15, 0.2) is 60.8 Å². The van der Waals surface area contributed by atoms with E-state index in [0.717, 1.165) is 23.2 Å². The number of pyridine rings is 1. The van der Waals surface area contributed by atoms with Gasteiger partial charge in [-0.3, -0.25) is 14.6 Å². The van der Waals surface area contributed by atoms with E-state index in [1.807, 2.05) is 38.1 Å². The first-order chi connectivity index (χ1) is 14.0. The lowest BCUT2D eigenvalue weighted by atomic mass is 10.1. The Morgan fingerprint density at radius 2 is 1.83 bits per heavy atom. The monoisotopic (exact) mass is 384 g/mol. The number of anilines is 2. The lowest BCUT2D eigenvalue weighted by molar-refractivity contribution is 0.102. The van der Waals surface area contributed by atoms with Crippen LogP contribution in [0.3, 0.4) is 0 Å². The molecule has 6 heteroatoms. The fourth-order valence-electron chi connectivity index (χ4n) is 2.96. The Bertz CT molecular complexity index is 1120. The van der Waals surface area contributed by atoms with Gasteiger partial charge in [0.05, 0.1) is 11.3 Å². The second-order valence-corrected chi connectivity index (χ2v) is 6.46. The van der Waals surface area contributed by atoms with E-state index in [1.165, 1.54) is 12.3 Å². The molecule has 0 saturated carbocycles. The van der Waals surface area contributed by atoms with E-state index < -0.39 is 5.91 Å². The zero-order valence-electron chi connectivity index (χ0n) is 16.2. The molecule has 0 bridgehead atoms. The molecule has 0 aliphatic heterocycles. The maximum atomic E-state index is 12.8. The van der Waals surface area contributed by atoms with Crippen molar-refractivity contribution in [2.45, 2.75) is 20.3 Å². The third-order valence-corrected chi connectivity index (χ3v) is 4.53. The summed E-state index contributed by atoms with van der Waals surface area (Å²) < 4.78 is 0. The first-order valence-electron chi connectivity index (χ1n) is 9.20. The number of nitriles is 1. The van der Waals surface area contributed by atoms with E-state index in [-0.39, 0.29) is 11.6 Å². The molecular weight excluding hydrogens is 364 g/mol. The maximum absolute atomic E-state index is 12.8. The molecule has 3 aromatic rings. The molecule has 2 amide bonds. The number of nitrogens with zero attached hydrogens (tertiary/aromatic N) is 2. The first-order valence-corrected chi connectivity index (χ1v) is 9.20. The van der Waals surface area contributed by atoms with Crippen molar-refractivity contribution < 1.29 is 9.59 Å². The highest BCUT2D eigenvalue weighted by Crippen LogP contribution is 2.22. The summed E-state index contributed by atoms with van der Waals surface area (Å²) in [7, 11) is 0. The fraction of sp³-hybridized carbons (Fsp3) is 0.130. The van der Waals surface area contributed by atoms with Crippen LogP contribution in [-0.4, -0.2) is 16.8 Å². The molecule has 6 nitrogen and oxygen atoms in total. The van der Waals surface area contributed by atoms with Gasteiger partial charge in [-0.1, -0.05) is 37.3 Å². The molecule has 0 aliphatic rings. The number of amides is 2. The van der Waals surface area contributed by atoms with Crippen molar-refractivity contribution in [3.63, 3.8) is 0 Å². The van der Waals surface area contributed by atoms with Gasteiger partial charge in [0.25, 0.3) is 11.8 Å². The van der Waals surface area contributed by atoms with E-state index in [2.05, 4.69) is 15.6 Å². The van der Waals surface area contributed by atoms with Gasteiger partial charge in [0.15, 0.2) is 0 Å². The molecule has 0 radical (unpaired) electrons. The number of benzene rings is 2. The van der Waals surface area contributed by atoms with Crippen molar-refractivity contribution in [1.82, 2.24) is 4.98 Å². The molecular formula is C23H20N4O2. The predicted octanol–water partition coefficient (Wildman–Crippen LogP) is 4.33. The molecule has 0 fully saturated rings. The largest absolute Gasteiger partial charge is 0.321 e. The van der Waals surface area contributed by atoms with Gasteiger partial charge in [-0.05, 0) is 48.7 Å². The molecule has 0 saturated heterocycles. The van der Waals surface area contributed by atoms with Gasteiger partial charge in [0.1, 0.15) is 11.8 Å². The minimum Gasteiger partial charge on any atom is -0.321 e. The number of carbonyl (C=O) groups is 2. The minimum atomic E-state index is -0.493. The molecule has 0 aliphatic carbocycles. The predicted molar refractivity (Wildman–Crippen MR) is 112 cm³/mol. The van der Waals surface area contributed by atoms with Crippen LogP contribution in [0.25, 0.3) is 0 Å². The Morgan fingerprint density at radius 3 is 2.59 bits per heavy atom. The third-order valence-electron chi connectivity index (χ3n) is 4.53. The van der Waals surface area contributed by atoms with E-state index >= 15 is 0 Å². The van der Waals surface area contributed by atoms with Gasteiger partial charge >= 0.3 is 0 Å². The van der Waals surface area contributed by atoms with Crippen molar-refractivity contribution >= 4 is 23.2 Å². The maximum Gasteiger partial charge on any atom is 0.274 e. The molecule has 3 rings (SSSR count). The van der Waals surface area contributed by atoms with Gasteiger partial charge < -0.3 is 10.6 Å². The van der Waals surface area contributed by atoms with Crippen molar-refractivity contribution in [2.75, 3.05) is 10.6 Å². The summed E-state index contributed by atoms with van der Waals surface area (Å²) in [6.45, 7) is 3.96. The first kappa shape index (κ1) is 19.8. The molecule has 144 valence electrons. The number of hydrogen-bond acceptors (Lipinski definition) is 4. The van der Waals surface area contributed by atoms with Crippen LogP contribution in [0.5, 0.6) is 0 Å². The van der Waals surface area contributed by atoms with Gasteiger partial charge in [-0.15, -0.1) is 0 Å². The van der Waals surface area contributed by atoms with Crippen LogP contribution < -0.4 is 10.6 Å². The third kappa shape index (κ3) is 4.47. The van der Waals surface area contributed by atoms with Crippen molar-refractivity contribution in [3.05, 3.63) is 88.7 Å². The average Bonchev–Trinajstić information content (AvgIpc) is 2.75. The normalized spacial score (nSPS) is 10.1. The Labute approximate surface area is 169 Å². The Hall–Kier alpha value is -3.98. The SMILES string of the molecule is CCc1cccc(C)c1NC(=O)c1ccnc(C(=O)Nc2ccccc2C#N)c1. The number of para-hydroxylation sites is 2. The Kier molecular flexibility index (Phi) is 6.00. The van der Waals surface area contributed by atoms with Gasteiger partial charge in [-0.25, -0.2) is 0 Å². The van der Waals surface area contributed by atoms with Gasteiger partial charge in [0.2, 0.25) is 0 Å². The highest BCUT2D eigenvalue weighted by molar-refractivity contribution is 6.08. The molecule has 0 spiro atoms. The van der Waals surface area contributed by atoms with Crippen LogP contribution in [0, 0.1) is 18.3 Å². The number of rotatable bonds is 5. The summed E-state index contributed by atoms with van der Waals surface area (Å²) in [5, 5.41) is 14.8. The van der Waals surface area contributed by atoms with E-state index in [9.17, 15) is 9.59 Å².